The Kier molecular flexibility index (Phi) is 4.14. The molecule has 0 aliphatic carbocycles. The van der Waals surface area contributed by atoms with Crippen LogP contribution in [0, 0.1) is 11.3 Å². The molecule has 3 heteroatoms. The van der Waals surface area contributed by atoms with Crippen LogP contribution in [0.1, 0.15) is 31.9 Å². The molecule has 0 saturated heterocycles. The molecular formula is C12H16N2O. The van der Waals surface area contributed by atoms with E-state index in [2.05, 4.69) is 0 Å². The second kappa shape index (κ2) is 5.38. The lowest BCUT2D eigenvalue weighted by atomic mass is 10.0. The lowest BCUT2D eigenvalue weighted by Gasteiger charge is -2.16. The molecule has 0 aromatic heterocycles. The van der Waals surface area contributed by atoms with Gasteiger partial charge in [0.25, 0.3) is 0 Å². The Bertz CT molecular complexity index is 357. The third kappa shape index (κ3) is 2.97. The number of ether oxygens (including phenoxy) is 1. The van der Waals surface area contributed by atoms with Crippen LogP contribution in [-0.4, -0.2) is 6.10 Å². The average Bonchev–Trinajstić information content (AvgIpc) is 2.28. The van der Waals surface area contributed by atoms with E-state index in [-0.39, 0.29) is 6.04 Å². The van der Waals surface area contributed by atoms with E-state index in [0.717, 1.165) is 12.0 Å². The summed E-state index contributed by atoms with van der Waals surface area (Å²) in [7, 11) is 0. The Balaban J connectivity index is 2.92. The Morgan fingerprint density at radius 2 is 2.13 bits per heavy atom. The fourth-order valence-electron chi connectivity index (χ4n) is 1.33. The normalized spacial score (nSPS) is 14.0. The van der Waals surface area contributed by atoms with Gasteiger partial charge in [-0.15, -0.1) is 0 Å². The molecule has 0 amide bonds. The SMILES string of the molecule is CC[C@@H](N)c1ccccc1OC(C)C#N. The third-order valence-corrected chi connectivity index (χ3v) is 2.24. The highest BCUT2D eigenvalue weighted by Gasteiger charge is 2.11. The first kappa shape index (κ1) is 11.5. The summed E-state index contributed by atoms with van der Waals surface area (Å²) in [5.41, 5.74) is 6.91. The minimum absolute atomic E-state index is 0.0351. The highest BCUT2D eigenvalue weighted by atomic mass is 16.5. The zero-order chi connectivity index (χ0) is 11.3. The number of hydrogen-bond acceptors (Lipinski definition) is 3. The molecule has 3 nitrogen and oxygen atoms in total. The van der Waals surface area contributed by atoms with Gasteiger partial charge in [0.15, 0.2) is 6.10 Å². The van der Waals surface area contributed by atoms with Crippen molar-refractivity contribution in [1.82, 2.24) is 0 Å². The first-order chi connectivity index (χ1) is 7.19. The van der Waals surface area contributed by atoms with Gasteiger partial charge in [-0.05, 0) is 19.4 Å². The Morgan fingerprint density at radius 1 is 1.47 bits per heavy atom. The van der Waals surface area contributed by atoms with Crippen molar-refractivity contribution in [1.29, 1.82) is 5.26 Å². The van der Waals surface area contributed by atoms with Crippen LogP contribution in [0.5, 0.6) is 5.75 Å². The lowest BCUT2D eigenvalue weighted by molar-refractivity contribution is 0.272. The van der Waals surface area contributed by atoms with Gasteiger partial charge in [-0.1, -0.05) is 25.1 Å². The van der Waals surface area contributed by atoms with Crippen molar-refractivity contribution >= 4 is 0 Å². The summed E-state index contributed by atoms with van der Waals surface area (Å²) in [6.45, 7) is 3.74. The molecule has 0 aliphatic rings. The van der Waals surface area contributed by atoms with Crippen molar-refractivity contribution in [3.8, 4) is 11.8 Å². The van der Waals surface area contributed by atoms with Crippen LogP contribution in [0.2, 0.25) is 0 Å². The number of nitriles is 1. The molecule has 1 aromatic rings. The van der Waals surface area contributed by atoms with Crippen molar-refractivity contribution in [2.45, 2.75) is 32.4 Å². The number of nitrogens with zero attached hydrogens (tertiary/aromatic N) is 1. The fourth-order valence-corrected chi connectivity index (χ4v) is 1.33. The molecule has 0 saturated carbocycles. The van der Waals surface area contributed by atoms with Gasteiger partial charge >= 0.3 is 0 Å². The predicted octanol–water partition coefficient (Wildman–Crippen LogP) is 2.39. The van der Waals surface area contributed by atoms with Gasteiger partial charge in [-0.25, -0.2) is 0 Å². The Hall–Kier alpha value is -1.53. The summed E-state index contributed by atoms with van der Waals surface area (Å²) in [5, 5.41) is 8.68. The van der Waals surface area contributed by atoms with Gasteiger partial charge in [-0.3, -0.25) is 0 Å². The molecule has 0 fully saturated rings. The van der Waals surface area contributed by atoms with Crippen molar-refractivity contribution in [2.24, 2.45) is 5.73 Å². The smallest absolute Gasteiger partial charge is 0.181 e. The summed E-state index contributed by atoms with van der Waals surface area (Å²) in [5.74, 6) is 0.709. The molecule has 0 spiro atoms. The minimum Gasteiger partial charge on any atom is -0.476 e. The van der Waals surface area contributed by atoms with E-state index in [1.807, 2.05) is 37.3 Å². The van der Waals surface area contributed by atoms with E-state index >= 15 is 0 Å². The molecule has 0 radical (unpaired) electrons. The number of hydrogen-bond donors (Lipinski definition) is 1. The summed E-state index contributed by atoms with van der Waals surface area (Å²) >= 11 is 0. The largest absolute Gasteiger partial charge is 0.476 e. The maximum Gasteiger partial charge on any atom is 0.181 e. The average molecular weight is 204 g/mol. The summed E-state index contributed by atoms with van der Waals surface area (Å²) in [6, 6.07) is 9.59. The van der Waals surface area contributed by atoms with E-state index in [0.29, 0.717) is 5.75 Å². The van der Waals surface area contributed by atoms with E-state index in [1.165, 1.54) is 0 Å². The van der Waals surface area contributed by atoms with E-state index in [4.69, 9.17) is 15.7 Å². The highest BCUT2D eigenvalue weighted by molar-refractivity contribution is 5.36. The standard InChI is InChI=1S/C12H16N2O/c1-3-11(14)10-6-4-5-7-12(10)15-9(2)8-13/h4-7,9,11H,3,14H2,1-2H3/t9?,11-/m1/s1. The lowest BCUT2D eigenvalue weighted by Crippen LogP contribution is -2.14. The maximum absolute atomic E-state index is 8.68. The topological polar surface area (TPSA) is 59.0 Å². The van der Waals surface area contributed by atoms with Crippen LogP contribution in [-0.2, 0) is 0 Å². The first-order valence-corrected chi connectivity index (χ1v) is 5.09. The van der Waals surface area contributed by atoms with Crippen LogP contribution in [0.25, 0.3) is 0 Å². The molecule has 15 heavy (non-hydrogen) atoms. The minimum atomic E-state index is -0.449. The van der Waals surface area contributed by atoms with Crippen molar-refractivity contribution < 1.29 is 4.74 Å². The summed E-state index contributed by atoms with van der Waals surface area (Å²) < 4.78 is 5.48. The van der Waals surface area contributed by atoms with Gasteiger partial charge < -0.3 is 10.5 Å². The molecule has 0 bridgehead atoms. The quantitative estimate of drug-likeness (QED) is 0.819. The maximum atomic E-state index is 8.68. The van der Waals surface area contributed by atoms with Gasteiger partial charge in [-0.2, -0.15) is 5.26 Å². The van der Waals surface area contributed by atoms with Crippen LogP contribution in [0.4, 0.5) is 0 Å². The second-order valence-corrected chi connectivity index (χ2v) is 3.44. The van der Waals surface area contributed by atoms with Gasteiger partial charge in [0.05, 0.1) is 0 Å². The zero-order valence-corrected chi connectivity index (χ0v) is 9.10. The summed E-state index contributed by atoms with van der Waals surface area (Å²) in [4.78, 5) is 0. The summed E-state index contributed by atoms with van der Waals surface area (Å²) in [6.07, 6.45) is 0.400. The molecule has 1 rings (SSSR count). The molecule has 2 atom stereocenters. The Morgan fingerprint density at radius 3 is 2.73 bits per heavy atom. The van der Waals surface area contributed by atoms with Gasteiger partial charge in [0.1, 0.15) is 11.8 Å². The van der Waals surface area contributed by atoms with E-state index in [9.17, 15) is 0 Å². The van der Waals surface area contributed by atoms with Gasteiger partial charge in [0.2, 0.25) is 0 Å². The van der Waals surface area contributed by atoms with E-state index in [1.54, 1.807) is 6.92 Å². The molecular weight excluding hydrogens is 188 g/mol. The molecule has 0 aliphatic heterocycles. The molecule has 80 valence electrons. The van der Waals surface area contributed by atoms with Crippen molar-refractivity contribution in [3.05, 3.63) is 29.8 Å². The molecule has 1 aromatic carbocycles. The predicted molar refractivity (Wildman–Crippen MR) is 59.4 cm³/mol. The number of benzene rings is 1. The first-order valence-electron chi connectivity index (χ1n) is 5.09. The molecule has 2 N–H and O–H groups in total. The highest BCUT2D eigenvalue weighted by Crippen LogP contribution is 2.25. The Labute approximate surface area is 90.5 Å². The molecule has 1 unspecified atom stereocenters. The number of nitrogens with two attached hydrogens (primary N) is 1. The number of para-hydroxylation sites is 1. The van der Waals surface area contributed by atoms with Crippen LogP contribution >= 0.6 is 0 Å². The van der Waals surface area contributed by atoms with Crippen LogP contribution < -0.4 is 10.5 Å². The van der Waals surface area contributed by atoms with Crippen LogP contribution in [0.3, 0.4) is 0 Å². The number of rotatable bonds is 4. The van der Waals surface area contributed by atoms with E-state index < -0.39 is 6.10 Å². The van der Waals surface area contributed by atoms with Crippen molar-refractivity contribution in [3.63, 3.8) is 0 Å². The second-order valence-electron chi connectivity index (χ2n) is 3.44. The third-order valence-electron chi connectivity index (χ3n) is 2.24. The monoisotopic (exact) mass is 204 g/mol. The van der Waals surface area contributed by atoms with Gasteiger partial charge in [0, 0.05) is 11.6 Å². The fraction of sp³-hybridized carbons (Fsp3) is 0.417. The van der Waals surface area contributed by atoms with Crippen LogP contribution in [0.15, 0.2) is 24.3 Å². The zero-order valence-electron chi connectivity index (χ0n) is 9.10. The molecule has 0 heterocycles. The van der Waals surface area contributed by atoms with Crippen molar-refractivity contribution in [2.75, 3.05) is 0 Å².